The molecule has 84 valence electrons. The minimum Gasteiger partial charge on any atom is -0.479 e. The Labute approximate surface area is 98.2 Å². The van der Waals surface area contributed by atoms with Crippen LogP contribution in [0.3, 0.4) is 0 Å². The number of hydrogen-bond acceptors (Lipinski definition) is 4. The van der Waals surface area contributed by atoms with Crippen molar-refractivity contribution < 1.29 is 9.26 Å². The lowest BCUT2D eigenvalue weighted by Crippen LogP contribution is -2.03. The molecule has 0 amide bonds. The van der Waals surface area contributed by atoms with Crippen molar-refractivity contribution in [3.8, 4) is 5.75 Å². The Hall–Kier alpha value is -1.55. The largest absolute Gasteiger partial charge is 0.479 e. The Morgan fingerprint density at radius 2 is 2.12 bits per heavy atom. The van der Waals surface area contributed by atoms with Crippen molar-refractivity contribution in [2.75, 3.05) is 0 Å². The van der Waals surface area contributed by atoms with Crippen molar-refractivity contribution >= 4 is 11.6 Å². The number of nitrogens with zero attached hydrogens (tertiary/aromatic N) is 2. The van der Waals surface area contributed by atoms with Gasteiger partial charge >= 0.3 is 0 Å². The number of rotatable bonds is 3. The molecular formula is C11H11ClN2O2. The summed E-state index contributed by atoms with van der Waals surface area (Å²) in [4.78, 5) is 4.09. The van der Waals surface area contributed by atoms with E-state index in [1.807, 2.05) is 19.1 Å². The molecule has 1 heterocycles. The minimum atomic E-state index is -0.318. The third-order valence-corrected chi connectivity index (χ3v) is 2.34. The molecule has 1 aromatic heterocycles. The van der Waals surface area contributed by atoms with Crippen LogP contribution in [0.15, 0.2) is 28.8 Å². The van der Waals surface area contributed by atoms with Gasteiger partial charge < -0.3 is 9.26 Å². The second-order valence-corrected chi connectivity index (χ2v) is 3.78. The van der Waals surface area contributed by atoms with E-state index < -0.39 is 0 Å². The molecule has 0 radical (unpaired) electrons. The molecule has 0 aliphatic carbocycles. The summed E-state index contributed by atoms with van der Waals surface area (Å²) in [5, 5.41) is 4.26. The summed E-state index contributed by atoms with van der Waals surface area (Å²) < 4.78 is 10.6. The van der Waals surface area contributed by atoms with Gasteiger partial charge in [-0.05, 0) is 26.0 Å². The highest BCUT2D eigenvalue weighted by Gasteiger charge is 2.15. The fourth-order valence-electron chi connectivity index (χ4n) is 1.26. The Morgan fingerprint density at radius 3 is 2.75 bits per heavy atom. The van der Waals surface area contributed by atoms with Crippen LogP contribution in [0, 0.1) is 6.92 Å². The van der Waals surface area contributed by atoms with Crippen LogP contribution in [0.4, 0.5) is 0 Å². The number of aromatic nitrogens is 2. The fraction of sp³-hybridized carbons (Fsp3) is 0.273. The van der Waals surface area contributed by atoms with Crippen molar-refractivity contribution in [1.82, 2.24) is 10.1 Å². The van der Waals surface area contributed by atoms with Gasteiger partial charge in [0.15, 0.2) is 11.9 Å². The van der Waals surface area contributed by atoms with E-state index in [4.69, 9.17) is 20.9 Å². The minimum absolute atomic E-state index is 0.318. The number of hydrogen-bond donors (Lipinski definition) is 0. The first kappa shape index (κ1) is 11.0. The molecule has 0 saturated carbocycles. The van der Waals surface area contributed by atoms with Crippen LogP contribution in [0.1, 0.15) is 24.7 Å². The quantitative estimate of drug-likeness (QED) is 0.824. The topological polar surface area (TPSA) is 48.2 Å². The second-order valence-electron chi connectivity index (χ2n) is 3.37. The molecule has 2 rings (SSSR count). The third kappa shape index (κ3) is 2.33. The molecule has 1 atom stereocenters. The molecular weight excluding hydrogens is 228 g/mol. The maximum atomic E-state index is 5.97. The molecule has 0 unspecified atom stereocenters. The van der Waals surface area contributed by atoms with Crippen LogP contribution in [0.2, 0.25) is 5.02 Å². The Kier molecular flexibility index (Phi) is 3.10. The van der Waals surface area contributed by atoms with E-state index >= 15 is 0 Å². The predicted octanol–water partition coefficient (Wildman–Crippen LogP) is 3.17. The average molecular weight is 239 g/mol. The highest BCUT2D eigenvalue weighted by atomic mass is 35.5. The molecule has 16 heavy (non-hydrogen) atoms. The van der Waals surface area contributed by atoms with Gasteiger partial charge in [0.2, 0.25) is 0 Å². The number of halogens is 1. The molecule has 0 spiro atoms. The SMILES string of the molecule is Cc1noc([C@@H](C)Oc2ccccc2Cl)n1. The van der Waals surface area contributed by atoms with Gasteiger partial charge in [0.1, 0.15) is 5.75 Å². The maximum Gasteiger partial charge on any atom is 0.267 e. The van der Waals surface area contributed by atoms with Crippen LogP contribution in [0.25, 0.3) is 0 Å². The maximum absolute atomic E-state index is 5.97. The summed E-state index contributed by atoms with van der Waals surface area (Å²) in [6.07, 6.45) is -0.318. The summed E-state index contributed by atoms with van der Waals surface area (Å²) in [7, 11) is 0. The van der Waals surface area contributed by atoms with E-state index in [2.05, 4.69) is 10.1 Å². The summed E-state index contributed by atoms with van der Waals surface area (Å²) in [6, 6.07) is 7.26. The molecule has 2 aromatic rings. The van der Waals surface area contributed by atoms with Gasteiger partial charge in [-0.25, -0.2) is 0 Å². The third-order valence-electron chi connectivity index (χ3n) is 2.03. The first-order chi connectivity index (χ1) is 7.66. The van der Waals surface area contributed by atoms with E-state index in [0.29, 0.717) is 22.5 Å². The lowest BCUT2D eigenvalue weighted by Gasteiger charge is -2.11. The molecule has 0 saturated heterocycles. The van der Waals surface area contributed by atoms with Crippen LogP contribution in [-0.4, -0.2) is 10.1 Å². The highest BCUT2D eigenvalue weighted by molar-refractivity contribution is 6.32. The molecule has 1 aromatic carbocycles. The van der Waals surface area contributed by atoms with Crippen LogP contribution in [-0.2, 0) is 0 Å². The first-order valence-electron chi connectivity index (χ1n) is 4.88. The van der Waals surface area contributed by atoms with Gasteiger partial charge in [-0.2, -0.15) is 4.98 Å². The van der Waals surface area contributed by atoms with Gasteiger partial charge in [-0.1, -0.05) is 28.9 Å². The van der Waals surface area contributed by atoms with E-state index in [1.165, 1.54) is 0 Å². The Morgan fingerprint density at radius 1 is 1.38 bits per heavy atom. The van der Waals surface area contributed by atoms with Gasteiger partial charge in [0.25, 0.3) is 5.89 Å². The zero-order valence-electron chi connectivity index (χ0n) is 8.98. The molecule has 0 aliphatic rings. The van der Waals surface area contributed by atoms with Crippen LogP contribution >= 0.6 is 11.6 Å². The number of para-hydroxylation sites is 1. The molecule has 5 heteroatoms. The van der Waals surface area contributed by atoms with Gasteiger partial charge in [-0.15, -0.1) is 0 Å². The van der Waals surface area contributed by atoms with Crippen LogP contribution < -0.4 is 4.74 Å². The van der Waals surface area contributed by atoms with Crippen LogP contribution in [0.5, 0.6) is 5.75 Å². The fourth-order valence-corrected chi connectivity index (χ4v) is 1.44. The number of ether oxygens (including phenoxy) is 1. The first-order valence-corrected chi connectivity index (χ1v) is 5.26. The monoisotopic (exact) mass is 238 g/mol. The summed E-state index contributed by atoms with van der Waals surface area (Å²) in [5.41, 5.74) is 0. The van der Waals surface area contributed by atoms with Gasteiger partial charge in [0.05, 0.1) is 5.02 Å². The molecule has 0 bridgehead atoms. The summed E-state index contributed by atoms with van der Waals surface area (Å²) in [5.74, 6) is 1.63. The van der Waals surface area contributed by atoms with Crippen molar-refractivity contribution in [3.05, 3.63) is 41.0 Å². The van der Waals surface area contributed by atoms with E-state index in [1.54, 1.807) is 19.1 Å². The lowest BCUT2D eigenvalue weighted by molar-refractivity contribution is 0.176. The summed E-state index contributed by atoms with van der Waals surface area (Å²) >= 11 is 5.97. The summed E-state index contributed by atoms with van der Waals surface area (Å²) in [6.45, 7) is 3.59. The number of aryl methyl sites for hydroxylation is 1. The number of benzene rings is 1. The normalized spacial score (nSPS) is 12.4. The second kappa shape index (κ2) is 4.53. The predicted molar refractivity (Wildman–Crippen MR) is 59.5 cm³/mol. The molecule has 0 fully saturated rings. The van der Waals surface area contributed by atoms with Crippen molar-refractivity contribution in [3.63, 3.8) is 0 Å². The van der Waals surface area contributed by atoms with E-state index in [0.717, 1.165) is 0 Å². The average Bonchev–Trinajstić information content (AvgIpc) is 2.68. The molecule has 0 N–H and O–H groups in total. The van der Waals surface area contributed by atoms with E-state index in [-0.39, 0.29) is 6.10 Å². The standard InChI is InChI=1S/C11H11ClN2O2/c1-7(11-13-8(2)14-16-11)15-10-6-4-3-5-9(10)12/h3-7H,1-2H3/t7-/m1/s1. The molecule has 4 nitrogen and oxygen atoms in total. The zero-order valence-corrected chi connectivity index (χ0v) is 9.73. The van der Waals surface area contributed by atoms with Crippen molar-refractivity contribution in [2.24, 2.45) is 0 Å². The highest BCUT2D eigenvalue weighted by Crippen LogP contribution is 2.27. The lowest BCUT2D eigenvalue weighted by atomic mass is 10.3. The van der Waals surface area contributed by atoms with Gasteiger partial charge in [0, 0.05) is 0 Å². The molecule has 0 aliphatic heterocycles. The van der Waals surface area contributed by atoms with Crippen molar-refractivity contribution in [2.45, 2.75) is 20.0 Å². The van der Waals surface area contributed by atoms with Crippen molar-refractivity contribution in [1.29, 1.82) is 0 Å². The Bertz CT molecular complexity index is 484. The zero-order chi connectivity index (χ0) is 11.5. The Balaban J connectivity index is 2.13. The smallest absolute Gasteiger partial charge is 0.267 e. The van der Waals surface area contributed by atoms with Gasteiger partial charge in [-0.3, -0.25) is 0 Å². The van der Waals surface area contributed by atoms with E-state index in [9.17, 15) is 0 Å².